The molecule has 0 bridgehead atoms. The Bertz CT molecular complexity index is 783. The van der Waals surface area contributed by atoms with Crippen molar-refractivity contribution in [1.82, 2.24) is 30.2 Å². The van der Waals surface area contributed by atoms with E-state index in [0.29, 0.717) is 17.0 Å². The first-order valence-corrected chi connectivity index (χ1v) is 8.38. The van der Waals surface area contributed by atoms with Gasteiger partial charge in [0.15, 0.2) is 17.7 Å². The summed E-state index contributed by atoms with van der Waals surface area (Å²) in [5.41, 5.74) is 0.927. The summed E-state index contributed by atoms with van der Waals surface area (Å²) in [6.45, 7) is -0.365. The zero-order chi connectivity index (χ0) is 19.6. The Labute approximate surface area is 154 Å². The molecule has 1 aliphatic heterocycles. The minimum Gasteiger partial charge on any atom is -0.394 e. The van der Waals surface area contributed by atoms with Crippen molar-refractivity contribution in [2.24, 2.45) is 0 Å². The van der Waals surface area contributed by atoms with Gasteiger partial charge in [-0.2, -0.15) is 0 Å². The van der Waals surface area contributed by atoms with Gasteiger partial charge < -0.3 is 40.6 Å². The fraction of sp³-hybridized carbons (Fsp3) is 0.600. The van der Waals surface area contributed by atoms with Crippen molar-refractivity contribution in [3.05, 3.63) is 12.7 Å². The molecule has 0 saturated carbocycles. The zero-order valence-electron chi connectivity index (χ0n) is 14.9. The molecule has 3 heterocycles. The van der Waals surface area contributed by atoms with Crippen LogP contribution >= 0.6 is 0 Å². The predicted molar refractivity (Wildman–Crippen MR) is 93.6 cm³/mol. The van der Waals surface area contributed by atoms with E-state index in [1.54, 1.807) is 19.0 Å². The lowest BCUT2D eigenvalue weighted by molar-refractivity contribution is -0.185. The molecule has 2 aromatic heterocycles. The molecule has 0 aromatic carbocycles. The molecule has 6 N–H and O–H groups in total. The van der Waals surface area contributed by atoms with Gasteiger partial charge >= 0.3 is 0 Å². The summed E-state index contributed by atoms with van der Waals surface area (Å²) in [6.07, 6.45) is -1.99. The third-order valence-electron chi connectivity index (χ3n) is 4.22. The van der Waals surface area contributed by atoms with Gasteiger partial charge in [0.2, 0.25) is 5.91 Å². The molecule has 0 unspecified atom stereocenters. The second-order valence-corrected chi connectivity index (χ2v) is 6.56. The van der Waals surface area contributed by atoms with E-state index in [0.717, 1.165) is 0 Å². The lowest BCUT2D eigenvalue weighted by Crippen LogP contribution is -2.66. The second kappa shape index (κ2) is 8.10. The summed E-state index contributed by atoms with van der Waals surface area (Å²) in [7, 11) is 3.45. The first-order chi connectivity index (χ1) is 12.9. The first kappa shape index (κ1) is 19.4. The molecular formula is C15H23N7O5. The number of fused-ring (bicyclic) bond motifs is 1. The van der Waals surface area contributed by atoms with Gasteiger partial charge in [-0.1, -0.05) is 0 Å². The van der Waals surface area contributed by atoms with Crippen molar-refractivity contribution in [3.8, 4) is 0 Å². The maximum absolute atomic E-state index is 12.0. The molecule has 148 valence electrons. The smallest absolute Gasteiger partial charge is 0.234 e. The highest BCUT2D eigenvalue weighted by Gasteiger charge is 2.45. The number of aliphatic hydroxyl groups is 3. The number of H-pyrrole nitrogens is 1. The Kier molecular flexibility index (Phi) is 5.82. The van der Waals surface area contributed by atoms with Crippen molar-refractivity contribution in [2.75, 3.05) is 32.6 Å². The molecule has 27 heavy (non-hydrogen) atoms. The van der Waals surface area contributed by atoms with Gasteiger partial charge in [0.05, 0.1) is 25.5 Å². The van der Waals surface area contributed by atoms with Crippen molar-refractivity contribution >= 4 is 22.9 Å². The maximum atomic E-state index is 12.0. The van der Waals surface area contributed by atoms with E-state index in [1.165, 1.54) is 12.7 Å². The number of aliphatic hydroxyl groups excluding tert-OH is 3. The summed E-state index contributed by atoms with van der Waals surface area (Å²) in [5, 5.41) is 36.0. The van der Waals surface area contributed by atoms with Gasteiger partial charge in [0, 0.05) is 0 Å². The van der Waals surface area contributed by atoms with E-state index in [9.17, 15) is 20.1 Å². The van der Waals surface area contributed by atoms with Crippen LogP contribution in [0.4, 0.5) is 5.82 Å². The van der Waals surface area contributed by atoms with E-state index >= 15 is 0 Å². The zero-order valence-corrected chi connectivity index (χ0v) is 14.9. The van der Waals surface area contributed by atoms with Gasteiger partial charge in [-0.25, -0.2) is 15.0 Å². The van der Waals surface area contributed by atoms with Gasteiger partial charge in [0.1, 0.15) is 30.2 Å². The molecular weight excluding hydrogens is 358 g/mol. The summed E-state index contributed by atoms with van der Waals surface area (Å²) in [6, 6.07) is -0.965. The van der Waals surface area contributed by atoms with Gasteiger partial charge in [-0.05, 0) is 14.1 Å². The van der Waals surface area contributed by atoms with Crippen LogP contribution in [0.5, 0.6) is 0 Å². The number of aromatic amines is 1. The summed E-state index contributed by atoms with van der Waals surface area (Å²) in [4.78, 5) is 28.6. The molecule has 12 nitrogen and oxygen atoms in total. The number of ether oxygens (including phenoxy) is 1. The molecule has 1 fully saturated rings. The Morgan fingerprint density at radius 2 is 2.07 bits per heavy atom. The van der Waals surface area contributed by atoms with Gasteiger partial charge in [-0.3, -0.25) is 4.79 Å². The van der Waals surface area contributed by atoms with Crippen molar-refractivity contribution in [2.45, 2.75) is 30.6 Å². The lowest BCUT2D eigenvalue weighted by atomic mass is 9.95. The molecule has 1 saturated heterocycles. The van der Waals surface area contributed by atoms with E-state index in [2.05, 4.69) is 30.6 Å². The molecule has 5 atom stereocenters. The Balaban J connectivity index is 1.74. The number of carbonyl (C=O) groups is 1. The van der Waals surface area contributed by atoms with Gasteiger partial charge in [-0.15, -0.1) is 0 Å². The maximum Gasteiger partial charge on any atom is 0.234 e. The number of hydrogen-bond donors (Lipinski definition) is 6. The van der Waals surface area contributed by atoms with E-state index < -0.39 is 37.2 Å². The number of anilines is 1. The minimum atomic E-state index is -1.38. The Hall–Kier alpha value is -2.38. The molecule has 1 aliphatic rings. The molecule has 2 aromatic rings. The Morgan fingerprint density at radius 1 is 1.30 bits per heavy atom. The van der Waals surface area contributed by atoms with Crippen molar-refractivity contribution in [1.29, 1.82) is 0 Å². The average molecular weight is 381 g/mol. The molecule has 12 heteroatoms. The third kappa shape index (κ3) is 4.14. The predicted octanol–water partition coefficient (Wildman–Crippen LogP) is -2.75. The van der Waals surface area contributed by atoms with E-state index in [1.807, 2.05) is 0 Å². The van der Waals surface area contributed by atoms with Crippen molar-refractivity contribution in [3.63, 3.8) is 0 Å². The average Bonchev–Trinajstić information content (AvgIpc) is 3.10. The lowest BCUT2D eigenvalue weighted by Gasteiger charge is -2.42. The number of likely N-dealkylation sites (N-methyl/N-ethyl adjacent to an activating group) is 1. The molecule has 0 spiro atoms. The first-order valence-electron chi connectivity index (χ1n) is 8.38. The number of imidazole rings is 1. The quantitative estimate of drug-likeness (QED) is 0.308. The van der Waals surface area contributed by atoms with E-state index in [4.69, 9.17) is 4.74 Å². The topological polar surface area (TPSA) is 169 Å². The summed E-state index contributed by atoms with van der Waals surface area (Å²) >= 11 is 0. The fourth-order valence-corrected chi connectivity index (χ4v) is 2.95. The van der Waals surface area contributed by atoms with E-state index in [-0.39, 0.29) is 12.5 Å². The molecule has 0 aliphatic carbocycles. The van der Waals surface area contributed by atoms with Crippen LogP contribution < -0.4 is 10.6 Å². The number of carbonyl (C=O) groups excluding carboxylic acids is 1. The minimum absolute atomic E-state index is 0.0951. The van der Waals surface area contributed by atoms with Crippen LogP contribution in [-0.4, -0.2) is 104 Å². The highest BCUT2D eigenvalue weighted by Crippen LogP contribution is 2.24. The fourth-order valence-electron chi connectivity index (χ4n) is 2.95. The van der Waals surface area contributed by atoms with Crippen LogP contribution in [0.1, 0.15) is 0 Å². The highest BCUT2D eigenvalue weighted by atomic mass is 16.5. The Morgan fingerprint density at radius 3 is 2.78 bits per heavy atom. The highest BCUT2D eigenvalue weighted by molar-refractivity contribution is 5.82. The molecule has 0 radical (unpaired) electrons. The second-order valence-electron chi connectivity index (χ2n) is 6.56. The normalized spacial score (nSPS) is 28.4. The van der Waals surface area contributed by atoms with Crippen molar-refractivity contribution < 1.29 is 24.9 Å². The third-order valence-corrected chi connectivity index (χ3v) is 4.22. The monoisotopic (exact) mass is 381 g/mol. The standard InChI is InChI=1S/C15H23N7O5/c1-22(2)3-8(24)20-9-7(4-23)27-15(12(26)11(9)25)21-14-10-13(17-5-16-10)18-6-19-14/h5-7,9,11-12,15,23,25-26H,3-4H2,1-2H3,(H,20,24)(H2,16,17,18,19,21)/t7-,9-,11+,12-,15-/m0/s1. The summed E-state index contributed by atoms with van der Waals surface area (Å²) in [5.74, 6) is -0.0415. The number of aromatic nitrogens is 4. The van der Waals surface area contributed by atoms with Gasteiger partial charge in [0.25, 0.3) is 0 Å². The number of nitrogens with one attached hydrogen (secondary N) is 3. The molecule has 3 rings (SSSR count). The number of amides is 1. The SMILES string of the molecule is CN(C)CC(=O)N[C@@H]1[C@@H](O)[C@H](O)[C@@H](Nc2ncnc3nc[nH]c23)O[C@H]1CO. The van der Waals surface area contributed by atoms with Crippen LogP contribution in [0.25, 0.3) is 11.2 Å². The number of hydrogen-bond acceptors (Lipinski definition) is 10. The van der Waals surface area contributed by atoms with Crippen LogP contribution in [0, 0.1) is 0 Å². The van der Waals surface area contributed by atoms with Crippen LogP contribution in [0.3, 0.4) is 0 Å². The summed E-state index contributed by atoms with van der Waals surface area (Å²) < 4.78 is 5.67. The van der Waals surface area contributed by atoms with Crippen LogP contribution in [0.2, 0.25) is 0 Å². The van der Waals surface area contributed by atoms with Crippen LogP contribution in [-0.2, 0) is 9.53 Å². The number of nitrogens with zero attached hydrogens (tertiary/aromatic N) is 4. The molecule has 1 amide bonds. The number of rotatable bonds is 6. The van der Waals surface area contributed by atoms with Crippen LogP contribution in [0.15, 0.2) is 12.7 Å². The largest absolute Gasteiger partial charge is 0.394 e.